The molecule has 7 nitrogen and oxygen atoms in total. The summed E-state index contributed by atoms with van der Waals surface area (Å²) in [6, 6.07) is 6.45. The Bertz CT molecular complexity index is 912. The first-order valence-corrected chi connectivity index (χ1v) is 9.86. The maximum Gasteiger partial charge on any atom is 0.261 e. The average Bonchev–Trinajstić information content (AvgIpc) is 3.02. The number of aliphatic hydroxyl groups is 1. The highest BCUT2D eigenvalue weighted by atomic mass is 19.3. The second-order valence-electron chi connectivity index (χ2n) is 7.75. The molecule has 0 spiro atoms. The first-order valence-electron chi connectivity index (χ1n) is 9.86. The van der Waals surface area contributed by atoms with Gasteiger partial charge < -0.3 is 14.6 Å². The van der Waals surface area contributed by atoms with E-state index in [9.17, 15) is 18.7 Å². The van der Waals surface area contributed by atoms with E-state index in [1.807, 2.05) is 4.90 Å². The van der Waals surface area contributed by atoms with Crippen LogP contribution in [-0.4, -0.2) is 71.1 Å². The van der Waals surface area contributed by atoms with Gasteiger partial charge in [0.25, 0.3) is 12.0 Å². The number of likely N-dealkylation sites (tertiary alicyclic amines) is 1. The van der Waals surface area contributed by atoms with E-state index in [0.29, 0.717) is 42.9 Å². The molecule has 2 aromatic rings. The third-order valence-electron chi connectivity index (χ3n) is 5.48. The van der Waals surface area contributed by atoms with Gasteiger partial charge in [0.15, 0.2) is 0 Å². The lowest BCUT2D eigenvalue weighted by atomic mass is 10.1. The molecule has 2 aliphatic rings. The van der Waals surface area contributed by atoms with E-state index in [1.165, 1.54) is 0 Å². The van der Waals surface area contributed by atoms with Crippen LogP contribution in [0.1, 0.15) is 24.7 Å². The highest BCUT2D eigenvalue weighted by molar-refractivity contribution is 5.77. The van der Waals surface area contributed by atoms with Gasteiger partial charge in [-0.15, -0.1) is 0 Å². The van der Waals surface area contributed by atoms with Crippen molar-refractivity contribution >= 4 is 10.9 Å². The minimum absolute atomic E-state index is 0.144. The number of ether oxygens (including phenoxy) is 2. The van der Waals surface area contributed by atoms with Crippen LogP contribution in [0.3, 0.4) is 0 Å². The van der Waals surface area contributed by atoms with Crippen molar-refractivity contribution in [3.05, 3.63) is 40.4 Å². The molecule has 1 N–H and O–H groups in total. The van der Waals surface area contributed by atoms with Gasteiger partial charge in [-0.2, -0.15) is 0 Å². The normalized spacial score (nSPS) is 23.0. The molecule has 29 heavy (non-hydrogen) atoms. The lowest BCUT2D eigenvalue weighted by Crippen LogP contribution is -2.49. The summed E-state index contributed by atoms with van der Waals surface area (Å²) in [6.45, 7) is 1.36. The Hall–Kier alpha value is -1.94. The topological polar surface area (TPSA) is 76.8 Å². The van der Waals surface area contributed by atoms with Gasteiger partial charge >= 0.3 is 0 Å². The summed E-state index contributed by atoms with van der Waals surface area (Å²) < 4.78 is 38.5. The molecule has 158 valence electrons. The van der Waals surface area contributed by atoms with E-state index < -0.39 is 24.1 Å². The number of benzene rings is 1. The number of para-hydroxylation sites is 1. The number of rotatable bonds is 5. The molecular formula is C20H25F2N3O4. The molecule has 1 atom stereocenters. The summed E-state index contributed by atoms with van der Waals surface area (Å²) in [5.74, 6) is 0.325. The minimum atomic E-state index is -2.67. The zero-order valence-corrected chi connectivity index (χ0v) is 16.1. The van der Waals surface area contributed by atoms with Crippen molar-refractivity contribution in [1.82, 2.24) is 14.5 Å². The fourth-order valence-electron chi connectivity index (χ4n) is 4.21. The second-order valence-corrected chi connectivity index (χ2v) is 7.75. The van der Waals surface area contributed by atoms with E-state index in [4.69, 9.17) is 9.47 Å². The third-order valence-corrected chi connectivity index (χ3v) is 5.48. The van der Waals surface area contributed by atoms with E-state index in [0.717, 1.165) is 11.0 Å². The van der Waals surface area contributed by atoms with Gasteiger partial charge in [-0.3, -0.25) is 14.3 Å². The Morgan fingerprint density at radius 1 is 1.24 bits per heavy atom. The monoisotopic (exact) mass is 409 g/mol. The van der Waals surface area contributed by atoms with Crippen molar-refractivity contribution in [2.75, 3.05) is 39.5 Å². The van der Waals surface area contributed by atoms with Crippen LogP contribution in [0.2, 0.25) is 0 Å². The fourth-order valence-corrected chi connectivity index (χ4v) is 4.21. The standard InChI is InChI=1S/C20H25F2N3O4/c21-17(22)10-25-18(23-15-5-2-1-4-14(15)19(25)26)16-6-3-7-24(16)11-20(27)12-28-8-9-29-13-20/h1-2,4-5,16-17,27H,3,6-13H2. The Balaban J connectivity index is 1.71. The van der Waals surface area contributed by atoms with Gasteiger partial charge in [0.1, 0.15) is 11.4 Å². The molecule has 0 radical (unpaired) electrons. The maximum atomic E-state index is 13.3. The van der Waals surface area contributed by atoms with Gasteiger partial charge in [-0.25, -0.2) is 13.8 Å². The van der Waals surface area contributed by atoms with Crippen molar-refractivity contribution in [3.63, 3.8) is 0 Å². The van der Waals surface area contributed by atoms with E-state index in [-0.39, 0.29) is 25.8 Å². The molecule has 0 amide bonds. The Morgan fingerprint density at radius 2 is 1.97 bits per heavy atom. The molecule has 0 saturated carbocycles. The predicted octanol–water partition coefficient (Wildman–Crippen LogP) is 1.58. The van der Waals surface area contributed by atoms with E-state index in [1.54, 1.807) is 24.3 Å². The minimum Gasteiger partial charge on any atom is -0.384 e. The number of nitrogens with zero attached hydrogens (tertiary/aromatic N) is 3. The Kier molecular flexibility index (Phi) is 5.91. The number of halogens is 2. The van der Waals surface area contributed by atoms with Crippen molar-refractivity contribution < 1.29 is 23.4 Å². The smallest absolute Gasteiger partial charge is 0.261 e. The summed E-state index contributed by atoms with van der Waals surface area (Å²) in [5, 5.41) is 11.2. The number of β-amino-alcohol motifs (C(OH)–C–C–N with tert-alkyl or cyclic N) is 1. The quantitative estimate of drug-likeness (QED) is 0.808. The lowest BCUT2D eigenvalue weighted by Gasteiger charge is -2.34. The van der Waals surface area contributed by atoms with E-state index in [2.05, 4.69) is 4.98 Å². The number of alkyl halides is 2. The molecule has 2 saturated heterocycles. The summed E-state index contributed by atoms with van der Waals surface area (Å²) in [7, 11) is 0. The summed E-state index contributed by atoms with van der Waals surface area (Å²) in [4.78, 5) is 19.5. The molecule has 2 aliphatic heterocycles. The van der Waals surface area contributed by atoms with E-state index >= 15 is 0 Å². The zero-order valence-electron chi connectivity index (χ0n) is 16.1. The van der Waals surface area contributed by atoms with Gasteiger partial charge in [0.05, 0.1) is 49.9 Å². The van der Waals surface area contributed by atoms with Crippen LogP contribution >= 0.6 is 0 Å². The number of hydrogen-bond acceptors (Lipinski definition) is 6. The van der Waals surface area contributed by atoms with Crippen LogP contribution in [0, 0.1) is 0 Å². The average molecular weight is 409 g/mol. The Labute approximate surface area is 166 Å². The third kappa shape index (κ3) is 4.32. The molecule has 0 aliphatic carbocycles. The SMILES string of the molecule is O=c1c2ccccc2nc(C2CCCN2CC2(O)COCCOC2)n1CC(F)F. The Morgan fingerprint density at radius 3 is 2.69 bits per heavy atom. The second kappa shape index (κ2) is 8.43. The number of aromatic nitrogens is 2. The summed E-state index contributed by atoms with van der Waals surface area (Å²) in [5.41, 5.74) is -1.16. The first kappa shape index (κ1) is 20.3. The number of fused-ring (bicyclic) bond motifs is 1. The van der Waals surface area contributed by atoms with Crippen LogP contribution in [0.25, 0.3) is 10.9 Å². The fraction of sp³-hybridized carbons (Fsp3) is 0.600. The number of hydrogen-bond donors (Lipinski definition) is 1. The molecule has 4 rings (SSSR count). The largest absolute Gasteiger partial charge is 0.384 e. The van der Waals surface area contributed by atoms with Crippen molar-refractivity contribution in [2.45, 2.75) is 37.5 Å². The van der Waals surface area contributed by atoms with Crippen molar-refractivity contribution in [2.24, 2.45) is 0 Å². The first-order chi connectivity index (χ1) is 14.0. The van der Waals surface area contributed by atoms with Crippen LogP contribution in [0.4, 0.5) is 8.78 Å². The molecule has 1 aromatic heterocycles. The van der Waals surface area contributed by atoms with Crippen LogP contribution in [-0.2, 0) is 16.0 Å². The highest BCUT2D eigenvalue weighted by Crippen LogP contribution is 2.33. The van der Waals surface area contributed by atoms with Gasteiger partial charge in [0.2, 0.25) is 0 Å². The molecule has 2 fully saturated rings. The summed E-state index contributed by atoms with van der Waals surface area (Å²) >= 11 is 0. The zero-order chi connectivity index (χ0) is 20.4. The highest BCUT2D eigenvalue weighted by Gasteiger charge is 2.38. The molecule has 1 unspecified atom stereocenters. The lowest BCUT2D eigenvalue weighted by molar-refractivity contribution is -0.0768. The van der Waals surface area contributed by atoms with Gasteiger partial charge in [-0.1, -0.05) is 12.1 Å². The van der Waals surface area contributed by atoms with Gasteiger partial charge in [-0.05, 0) is 31.5 Å². The van der Waals surface area contributed by atoms with Gasteiger partial charge in [0, 0.05) is 6.54 Å². The maximum absolute atomic E-state index is 13.3. The predicted molar refractivity (Wildman–Crippen MR) is 102 cm³/mol. The molecule has 9 heteroatoms. The van der Waals surface area contributed by atoms with Crippen molar-refractivity contribution in [3.8, 4) is 0 Å². The molecular weight excluding hydrogens is 384 g/mol. The van der Waals surface area contributed by atoms with Crippen LogP contribution < -0.4 is 5.56 Å². The molecule has 3 heterocycles. The van der Waals surface area contributed by atoms with Crippen LogP contribution in [0.15, 0.2) is 29.1 Å². The summed E-state index contributed by atoms with van der Waals surface area (Å²) in [6.07, 6.45) is -1.18. The van der Waals surface area contributed by atoms with Crippen LogP contribution in [0.5, 0.6) is 0 Å². The molecule has 1 aromatic carbocycles. The molecule has 0 bridgehead atoms. The van der Waals surface area contributed by atoms with Crippen molar-refractivity contribution in [1.29, 1.82) is 0 Å².